The fourth-order valence-corrected chi connectivity index (χ4v) is 4.26. The minimum atomic E-state index is -0.431. The number of nitrogens with zero attached hydrogens (tertiary/aromatic N) is 1. The van der Waals surface area contributed by atoms with E-state index in [0.29, 0.717) is 0 Å². The van der Waals surface area contributed by atoms with Crippen LogP contribution in [0.1, 0.15) is 31.2 Å². The molecule has 1 aromatic carbocycles. The lowest BCUT2D eigenvalue weighted by Gasteiger charge is -2.26. The zero-order valence-electron chi connectivity index (χ0n) is 13.3. The van der Waals surface area contributed by atoms with Crippen LogP contribution in [-0.4, -0.2) is 37.0 Å². The van der Waals surface area contributed by atoms with Crippen molar-refractivity contribution in [2.24, 2.45) is 11.8 Å². The number of benzene rings is 1. The lowest BCUT2D eigenvalue weighted by atomic mass is 9.92. The van der Waals surface area contributed by atoms with Gasteiger partial charge < -0.3 is 10.2 Å². The summed E-state index contributed by atoms with van der Waals surface area (Å²) >= 11 is 0. The van der Waals surface area contributed by atoms with Crippen molar-refractivity contribution in [2.45, 2.75) is 31.1 Å². The number of carbonyl (C=O) groups is 1. The first kappa shape index (κ1) is 16.7. The van der Waals surface area contributed by atoms with Gasteiger partial charge in [0.1, 0.15) is 5.82 Å². The van der Waals surface area contributed by atoms with E-state index in [4.69, 9.17) is 0 Å². The van der Waals surface area contributed by atoms with Crippen molar-refractivity contribution in [3.8, 4) is 0 Å². The number of nitrogens with one attached hydrogen (secondary N) is 1. The van der Waals surface area contributed by atoms with Crippen LogP contribution in [-0.2, 0) is 10.2 Å². The third-order valence-electron chi connectivity index (χ3n) is 5.84. The third-order valence-corrected chi connectivity index (χ3v) is 5.84. The smallest absolute Gasteiger partial charge is 0.233 e. The molecule has 3 aliphatic rings. The van der Waals surface area contributed by atoms with Crippen molar-refractivity contribution < 1.29 is 9.18 Å². The second-order valence-electron chi connectivity index (χ2n) is 7.14. The molecule has 0 unspecified atom stereocenters. The van der Waals surface area contributed by atoms with Gasteiger partial charge in [-0.2, -0.15) is 0 Å². The number of amides is 1. The molecule has 0 spiro atoms. The molecule has 2 atom stereocenters. The Morgan fingerprint density at radius 1 is 1.17 bits per heavy atom. The maximum absolute atomic E-state index is 13.5. The molecule has 1 N–H and O–H groups in total. The van der Waals surface area contributed by atoms with Gasteiger partial charge in [-0.3, -0.25) is 4.79 Å². The molecule has 2 aliphatic heterocycles. The van der Waals surface area contributed by atoms with Crippen LogP contribution < -0.4 is 5.32 Å². The van der Waals surface area contributed by atoms with E-state index >= 15 is 0 Å². The number of hydrogen-bond donors (Lipinski definition) is 1. The maximum Gasteiger partial charge on any atom is 0.233 e. The zero-order valence-corrected chi connectivity index (χ0v) is 14.1. The van der Waals surface area contributed by atoms with Gasteiger partial charge in [-0.1, -0.05) is 12.1 Å². The van der Waals surface area contributed by atoms with Crippen LogP contribution in [0.15, 0.2) is 24.3 Å². The second-order valence-corrected chi connectivity index (χ2v) is 7.14. The highest BCUT2D eigenvalue weighted by Crippen LogP contribution is 2.50. The van der Waals surface area contributed by atoms with E-state index < -0.39 is 5.41 Å². The minimum Gasteiger partial charge on any atom is -0.342 e. The molecule has 5 heteroatoms. The minimum absolute atomic E-state index is 0. The number of fused-ring (bicyclic) bond motifs is 1. The average molecular weight is 339 g/mol. The third kappa shape index (κ3) is 2.99. The quantitative estimate of drug-likeness (QED) is 0.899. The summed E-state index contributed by atoms with van der Waals surface area (Å²) in [6.45, 7) is 3.92. The summed E-state index contributed by atoms with van der Waals surface area (Å²) in [6.07, 6.45) is 3.92. The van der Waals surface area contributed by atoms with Crippen LogP contribution in [0, 0.1) is 17.7 Å². The molecule has 3 fully saturated rings. The summed E-state index contributed by atoms with van der Waals surface area (Å²) in [7, 11) is 0. The molecule has 126 valence electrons. The van der Waals surface area contributed by atoms with Gasteiger partial charge in [0.25, 0.3) is 0 Å². The van der Waals surface area contributed by atoms with Crippen LogP contribution in [0.5, 0.6) is 0 Å². The number of likely N-dealkylation sites (tertiary alicyclic amines) is 1. The summed E-state index contributed by atoms with van der Waals surface area (Å²) in [5.41, 5.74) is 0.434. The molecule has 1 saturated carbocycles. The highest BCUT2D eigenvalue weighted by Gasteiger charge is 2.53. The molecular formula is C18H24ClFN2O. The number of rotatable bonds is 2. The van der Waals surface area contributed by atoms with Gasteiger partial charge >= 0.3 is 0 Å². The predicted molar refractivity (Wildman–Crippen MR) is 90.2 cm³/mol. The van der Waals surface area contributed by atoms with E-state index in [2.05, 4.69) is 10.2 Å². The lowest BCUT2D eigenvalue weighted by Crippen LogP contribution is -2.40. The molecule has 3 nitrogen and oxygen atoms in total. The first-order valence-corrected chi connectivity index (χ1v) is 8.45. The Kier molecular flexibility index (Phi) is 4.65. The van der Waals surface area contributed by atoms with Crippen LogP contribution >= 0.6 is 12.4 Å². The molecule has 4 rings (SSSR count). The molecule has 2 saturated heterocycles. The van der Waals surface area contributed by atoms with Crippen LogP contribution in [0.2, 0.25) is 0 Å². The Bertz CT molecular complexity index is 576. The SMILES string of the molecule is Cl.O=C(N1CC[C@@H]2CNC[C@@H]2CC1)C1(c2cccc(F)c2)CC1. The van der Waals surface area contributed by atoms with Gasteiger partial charge in [0.15, 0.2) is 0 Å². The monoisotopic (exact) mass is 338 g/mol. The highest BCUT2D eigenvalue weighted by atomic mass is 35.5. The normalized spacial score (nSPS) is 28.5. The van der Waals surface area contributed by atoms with E-state index in [0.717, 1.165) is 69.3 Å². The molecular weight excluding hydrogens is 315 g/mol. The van der Waals surface area contributed by atoms with Gasteiger partial charge in [-0.15, -0.1) is 12.4 Å². The van der Waals surface area contributed by atoms with Crippen molar-refractivity contribution in [1.82, 2.24) is 10.2 Å². The fraction of sp³-hybridized carbons (Fsp3) is 0.611. The van der Waals surface area contributed by atoms with Crippen LogP contribution in [0.4, 0.5) is 4.39 Å². The largest absolute Gasteiger partial charge is 0.342 e. The Balaban J connectivity index is 0.00000156. The van der Waals surface area contributed by atoms with Crippen molar-refractivity contribution in [3.05, 3.63) is 35.6 Å². The first-order chi connectivity index (χ1) is 10.7. The number of carbonyl (C=O) groups excluding carboxylic acids is 1. The average Bonchev–Trinajstić information content (AvgIpc) is 3.26. The summed E-state index contributed by atoms with van der Waals surface area (Å²) < 4.78 is 13.5. The molecule has 0 bridgehead atoms. The molecule has 1 aromatic rings. The van der Waals surface area contributed by atoms with Gasteiger partial charge in [0.05, 0.1) is 5.41 Å². The fourth-order valence-electron chi connectivity index (χ4n) is 4.26. The summed E-state index contributed by atoms with van der Waals surface area (Å²) in [4.78, 5) is 15.1. The van der Waals surface area contributed by atoms with Crippen molar-refractivity contribution >= 4 is 18.3 Å². The Morgan fingerprint density at radius 2 is 1.83 bits per heavy atom. The standard InChI is InChI=1S/C18H23FN2O.ClH/c19-16-3-1-2-15(10-16)18(6-7-18)17(22)21-8-4-13-11-20-12-14(13)5-9-21;/h1-3,10,13-14,20H,4-9,11-12H2;1H/t13-,14+;. The maximum atomic E-state index is 13.5. The Labute approximate surface area is 143 Å². The van der Waals surface area contributed by atoms with E-state index in [9.17, 15) is 9.18 Å². The molecule has 0 aromatic heterocycles. The number of hydrogen-bond acceptors (Lipinski definition) is 2. The predicted octanol–water partition coefficient (Wildman–Crippen LogP) is 2.74. The topological polar surface area (TPSA) is 32.3 Å². The van der Waals surface area contributed by atoms with Crippen LogP contribution in [0.3, 0.4) is 0 Å². The molecule has 2 heterocycles. The summed E-state index contributed by atoms with van der Waals surface area (Å²) in [5, 5.41) is 3.47. The van der Waals surface area contributed by atoms with E-state index in [1.54, 1.807) is 12.1 Å². The Hall–Kier alpha value is -1.13. The van der Waals surface area contributed by atoms with Gasteiger partial charge in [0.2, 0.25) is 5.91 Å². The second kappa shape index (κ2) is 6.40. The van der Waals surface area contributed by atoms with E-state index in [1.165, 1.54) is 6.07 Å². The van der Waals surface area contributed by atoms with E-state index in [-0.39, 0.29) is 24.1 Å². The molecule has 1 aliphatic carbocycles. The van der Waals surface area contributed by atoms with Crippen LogP contribution in [0.25, 0.3) is 0 Å². The molecule has 0 radical (unpaired) electrons. The number of halogens is 2. The van der Waals surface area contributed by atoms with Crippen molar-refractivity contribution in [3.63, 3.8) is 0 Å². The highest BCUT2D eigenvalue weighted by molar-refractivity contribution is 5.91. The molecule has 1 amide bonds. The Morgan fingerprint density at radius 3 is 2.39 bits per heavy atom. The van der Waals surface area contributed by atoms with E-state index in [1.807, 2.05) is 6.07 Å². The van der Waals surface area contributed by atoms with Gasteiger partial charge in [-0.25, -0.2) is 4.39 Å². The zero-order chi connectivity index (χ0) is 15.2. The van der Waals surface area contributed by atoms with Crippen molar-refractivity contribution in [1.29, 1.82) is 0 Å². The lowest BCUT2D eigenvalue weighted by molar-refractivity contribution is -0.134. The molecule has 23 heavy (non-hydrogen) atoms. The summed E-state index contributed by atoms with van der Waals surface area (Å²) in [6, 6.07) is 6.62. The first-order valence-electron chi connectivity index (χ1n) is 8.45. The van der Waals surface area contributed by atoms with Gasteiger partial charge in [0, 0.05) is 13.1 Å². The van der Waals surface area contributed by atoms with Gasteiger partial charge in [-0.05, 0) is 68.3 Å². The van der Waals surface area contributed by atoms with Crippen molar-refractivity contribution in [2.75, 3.05) is 26.2 Å². The summed E-state index contributed by atoms with van der Waals surface area (Å²) in [5.74, 6) is 1.43.